The van der Waals surface area contributed by atoms with Gasteiger partial charge in [0.15, 0.2) is 0 Å². The van der Waals surface area contributed by atoms with Gasteiger partial charge >= 0.3 is 0 Å². The van der Waals surface area contributed by atoms with Crippen LogP contribution >= 0.6 is 0 Å². The summed E-state index contributed by atoms with van der Waals surface area (Å²) in [4.78, 5) is 13.1. The zero-order valence-electron chi connectivity index (χ0n) is 10.3. The summed E-state index contributed by atoms with van der Waals surface area (Å²) in [5, 5.41) is 0. The first-order valence-corrected chi connectivity index (χ1v) is 5.86. The summed E-state index contributed by atoms with van der Waals surface area (Å²) >= 11 is 0. The van der Waals surface area contributed by atoms with Gasteiger partial charge in [-0.25, -0.2) is 0 Å². The second kappa shape index (κ2) is 7.68. The third-order valence-electron chi connectivity index (χ3n) is 2.43. The predicted molar refractivity (Wildman–Crippen MR) is 67.9 cm³/mol. The SMILES string of the molecule is CN(CCCOc1ccccc1)C(=O)CCN. The zero-order chi connectivity index (χ0) is 12.5. The molecule has 0 aliphatic heterocycles. The summed E-state index contributed by atoms with van der Waals surface area (Å²) in [6, 6.07) is 9.66. The van der Waals surface area contributed by atoms with Gasteiger partial charge in [0.2, 0.25) is 5.91 Å². The van der Waals surface area contributed by atoms with E-state index in [1.807, 2.05) is 30.3 Å². The van der Waals surface area contributed by atoms with Crippen LogP contribution in [-0.4, -0.2) is 37.6 Å². The average Bonchev–Trinajstić information content (AvgIpc) is 2.36. The largest absolute Gasteiger partial charge is 0.494 e. The Bertz CT molecular complexity index is 327. The number of hydrogen-bond donors (Lipinski definition) is 1. The molecule has 0 spiro atoms. The van der Waals surface area contributed by atoms with Crippen molar-refractivity contribution in [1.29, 1.82) is 0 Å². The molecule has 4 heteroatoms. The van der Waals surface area contributed by atoms with Crippen molar-refractivity contribution in [2.45, 2.75) is 12.8 Å². The van der Waals surface area contributed by atoms with E-state index in [0.717, 1.165) is 12.2 Å². The molecule has 0 atom stereocenters. The first-order valence-electron chi connectivity index (χ1n) is 5.86. The molecule has 0 saturated heterocycles. The first-order chi connectivity index (χ1) is 8.24. The summed E-state index contributed by atoms with van der Waals surface area (Å²) in [6.07, 6.45) is 1.23. The minimum absolute atomic E-state index is 0.0900. The smallest absolute Gasteiger partial charge is 0.223 e. The third kappa shape index (κ3) is 5.36. The van der Waals surface area contributed by atoms with Crippen molar-refractivity contribution in [3.63, 3.8) is 0 Å². The van der Waals surface area contributed by atoms with Gasteiger partial charge in [-0.05, 0) is 18.6 Å². The number of nitrogens with two attached hydrogens (primary N) is 1. The van der Waals surface area contributed by atoms with E-state index in [-0.39, 0.29) is 5.91 Å². The standard InChI is InChI=1S/C13H20N2O2/c1-15(13(16)8-9-14)10-5-11-17-12-6-3-2-4-7-12/h2-4,6-7H,5,8-11,14H2,1H3. The minimum Gasteiger partial charge on any atom is -0.494 e. The Morgan fingerprint density at radius 1 is 1.35 bits per heavy atom. The zero-order valence-corrected chi connectivity index (χ0v) is 10.3. The quantitative estimate of drug-likeness (QED) is 0.725. The fraction of sp³-hybridized carbons (Fsp3) is 0.462. The molecule has 0 bridgehead atoms. The van der Waals surface area contributed by atoms with E-state index in [2.05, 4.69) is 0 Å². The normalized spacial score (nSPS) is 10.0. The van der Waals surface area contributed by atoms with Gasteiger partial charge in [-0.3, -0.25) is 4.79 Å². The van der Waals surface area contributed by atoms with Gasteiger partial charge in [0.1, 0.15) is 5.75 Å². The fourth-order valence-corrected chi connectivity index (χ4v) is 1.45. The summed E-state index contributed by atoms with van der Waals surface area (Å²) < 4.78 is 5.53. The monoisotopic (exact) mass is 236 g/mol. The van der Waals surface area contributed by atoms with E-state index < -0.39 is 0 Å². The number of nitrogens with zero attached hydrogens (tertiary/aromatic N) is 1. The first kappa shape index (κ1) is 13.5. The van der Waals surface area contributed by atoms with Crippen molar-refractivity contribution in [3.8, 4) is 5.75 Å². The van der Waals surface area contributed by atoms with Gasteiger partial charge < -0.3 is 15.4 Å². The molecule has 0 aliphatic carbocycles. The van der Waals surface area contributed by atoms with Crippen LogP contribution in [0.4, 0.5) is 0 Å². The van der Waals surface area contributed by atoms with Crippen LogP contribution in [0.2, 0.25) is 0 Å². The Hall–Kier alpha value is -1.55. The number of para-hydroxylation sites is 1. The summed E-state index contributed by atoms with van der Waals surface area (Å²) in [7, 11) is 1.79. The van der Waals surface area contributed by atoms with Crippen molar-refractivity contribution >= 4 is 5.91 Å². The summed E-state index contributed by atoms with van der Waals surface area (Å²) in [5.41, 5.74) is 5.33. The minimum atomic E-state index is 0.0900. The molecule has 1 rings (SSSR count). The molecule has 0 radical (unpaired) electrons. The van der Waals surface area contributed by atoms with E-state index >= 15 is 0 Å². The number of amides is 1. The molecule has 1 aromatic rings. The van der Waals surface area contributed by atoms with Gasteiger partial charge in [0.05, 0.1) is 6.61 Å². The van der Waals surface area contributed by atoms with Crippen LogP contribution in [-0.2, 0) is 4.79 Å². The second-order valence-corrected chi connectivity index (χ2v) is 3.87. The highest BCUT2D eigenvalue weighted by Gasteiger charge is 2.06. The number of ether oxygens (including phenoxy) is 1. The molecule has 0 unspecified atom stereocenters. The van der Waals surface area contributed by atoms with E-state index in [0.29, 0.717) is 26.1 Å². The predicted octanol–water partition coefficient (Wildman–Crippen LogP) is 1.26. The summed E-state index contributed by atoms with van der Waals surface area (Å²) in [5.74, 6) is 0.954. The molecule has 1 amide bonds. The molecule has 2 N–H and O–H groups in total. The van der Waals surface area contributed by atoms with Crippen molar-refractivity contribution in [2.75, 3.05) is 26.7 Å². The lowest BCUT2D eigenvalue weighted by molar-refractivity contribution is -0.129. The lowest BCUT2D eigenvalue weighted by Gasteiger charge is -2.16. The number of hydrogen-bond acceptors (Lipinski definition) is 3. The highest BCUT2D eigenvalue weighted by molar-refractivity contribution is 5.75. The Labute approximate surface area is 102 Å². The molecule has 94 valence electrons. The highest BCUT2D eigenvalue weighted by atomic mass is 16.5. The molecular formula is C13H20N2O2. The van der Waals surface area contributed by atoms with Gasteiger partial charge in [-0.2, -0.15) is 0 Å². The Balaban J connectivity index is 2.14. The third-order valence-corrected chi connectivity index (χ3v) is 2.43. The van der Waals surface area contributed by atoms with Gasteiger partial charge in [0, 0.05) is 26.6 Å². The number of rotatable bonds is 7. The van der Waals surface area contributed by atoms with Crippen molar-refractivity contribution in [1.82, 2.24) is 4.90 Å². The van der Waals surface area contributed by atoms with Crippen LogP contribution in [0.25, 0.3) is 0 Å². The van der Waals surface area contributed by atoms with E-state index in [1.54, 1.807) is 11.9 Å². The Morgan fingerprint density at radius 2 is 2.06 bits per heavy atom. The lowest BCUT2D eigenvalue weighted by atomic mass is 10.3. The molecule has 0 heterocycles. The van der Waals surface area contributed by atoms with Crippen LogP contribution in [0, 0.1) is 0 Å². The Morgan fingerprint density at radius 3 is 2.71 bits per heavy atom. The van der Waals surface area contributed by atoms with Crippen LogP contribution < -0.4 is 10.5 Å². The van der Waals surface area contributed by atoms with Crippen molar-refractivity contribution in [2.24, 2.45) is 5.73 Å². The van der Waals surface area contributed by atoms with Crippen molar-refractivity contribution in [3.05, 3.63) is 30.3 Å². The van der Waals surface area contributed by atoms with Crippen LogP contribution in [0.5, 0.6) is 5.75 Å². The van der Waals surface area contributed by atoms with Gasteiger partial charge in [0.25, 0.3) is 0 Å². The van der Waals surface area contributed by atoms with Crippen molar-refractivity contribution < 1.29 is 9.53 Å². The Kier molecular flexibility index (Phi) is 6.10. The fourth-order valence-electron chi connectivity index (χ4n) is 1.45. The van der Waals surface area contributed by atoms with Crippen LogP contribution in [0.3, 0.4) is 0 Å². The number of carbonyl (C=O) groups excluding carboxylic acids is 1. The van der Waals surface area contributed by atoms with Gasteiger partial charge in [-0.15, -0.1) is 0 Å². The maximum absolute atomic E-state index is 11.4. The molecule has 0 fully saturated rings. The summed E-state index contributed by atoms with van der Waals surface area (Å²) in [6.45, 7) is 1.72. The molecular weight excluding hydrogens is 216 g/mol. The molecule has 0 aliphatic rings. The van der Waals surface area contributed by atoms with E-state index in [1.165, 1.54) is 0 Å². The highest BCUT2D eigenvalue weighted by Crippen LogP contribution is 2.08. The maximum Gasteiger partial charge on any atom is 0.223 e. The molecule has 17 heavy (non-hydrogen) atoms. The molecule has 0 saturated carbocycles. The van der Waals surface area contributed by atoms with E-state index in [4.69, 9.17) is 10.5 Å². The number of carbonyl (C=O) groups is 1. The lowest BCUT2D eigenvalue weighted by Crippen LogP contribution is -2.30. The van der Waals surface area contributed by atoms with Crippen LogP contribution in [0.15, 0.2) is 30.3 Å². The molecule has 1 aromatic carbocycles. The van der Waals surface area contributed by atoms with Gasteiger partial charge in [-0.1, -0.05) is 18.2 Å². The second-order valence-electron chi connectivity index (χ2n) is 3.87. The van der Waals surface area contributed by atoms with Crippen LogP contribution in [0.1, 0.15) is 12.8 Å². The number of benzene rings is 1. The topological polar surface area (TPSA) is 55.6 Å². The molecule has 4 nitrogen and oxygen atoms in total. The molecule has 0 aromatic heterocycles. The average molecular weight is 236 g/mol. The van der Waals surface area contributed by atoms with E-state index in [9.17, 15) is 4.79 Å². The maximum atomic E-state index is 11.4.